The molecule has 5 heteroatoms. The maximum Gasteiger partial charge on any atom is 0.317 e. The SMILES string of the molecule is CC1(C)CC(NC(=O)N2CCC(OC3CCC3)CC2)CC(C)(C)N1. The van der Waals surface area contributed by atoms with E-state index in [1.165, 1.54) is 19.3 Å². The molecule has 2 N–H and O–H groups in total. The van der Waals surface area contributed by atoms with Crippen LogP contribution < -0.4 is 10.6 Å². The van der Waals surface area contributed by atoms with E-state index in [2.05, 4.69) is 38.3 Å². The Labute approximate surface area is 146 Å². The van der Waals surface area contributed by atoms with E-state index in [-0.39, 0.29) is 23.2 Å². The number of urea groups is 1. The first-order chi connectivity index (χ1) is 11.2. The van der Waals surface area contributed by atoms with Gasteiger partial charge in [0.2, 0.25) is 0 Å². The first-order valence-corrected chi connectivity index (χ1v) is 9.73. The molecule has 0 radical (unpaired) electrons. The fraction of sp³-hybridized carbons (Fsp3) is 0.947. The van der Waals surface area contributed by atoms with Gasteiger partial charge >= 0.3 is 6.03 Å². The third kappa shape index (κ3) is 4.63. The van der Waals surface area contributed by atoms with Crippen LogP contribution in [0.4, 0.5) is 4.79 Å². The second-order valence-corrected chi connectivity index (χ2v) is 9.32. The number of hydrogen-bond acceptors (Lipinski definition) is 3. The van der Waals surface area contributed by atoms with Gasteiger partial charge in [-0.2, -0.15) is 0 Å². The summed E-state index contributed by atoms with van der Waals surface area (Å²) in [6.07, 6.45) is 8.53. The first-order valence-electron chi connectivity index (χ1n) is 9.73. The number of nitrogens with one attached hydrogen (secondary N) is 2. The van der Waals surface area contributed by atoms with Crippen LogP contribution >= 0.6 is 0 Å². The lowest BCUT2D eigenvalue weighted by Crippen LogP contribution is -2.63. The van der Waals surface area contributed by atoms with E-state index in [9.17, 15) is 4.79 Å². The molecule has 1 aliphatic carbocycles. The normalized spacial score (nSPS) is 28.4. The highest BCUT2D eigenvalue weighted by atomic mass is 16.5. The molecule has 5 nitrogen and oxygen atoms in total. The molecule has 0 aromatic rings. The van der Waals surface area contributed by atoms with E-state index in [0.717, 1.165) is 38.8 Å². The summed E-state index contributed by atoms with van der Waals surface area (Å²) in [5, 5.41) is 6.95. The zero-order chi connectivity index (χ0) is 17.4. The molecule has 1 saturated carbocycles. The van der Waals surface area contributed by atoms with Gasteiger partial charge in [-0.1, -0.05) is 0 Å². The molecule has 0 atom stereocenters. The van der Waals surface area contributed by atoms with Crippen LogP contribution in [0, 0.1) is 0 Å². The number of rotatable bonds is 3. The average molecular weight is 338 g/mol. The van der Waals surface area contributed by atoms with Crippen LogP contribution in [0.15, 0.2) is 0 Å². The number of amides is 2. The molecular formula is C19H35N3O2. The molecule has 0 spiro atoms. The van der Waals surface area contributed by atoms with Crippen LogP contribution in [-0.4, -0.2) is 53.3 Å². The molecular weight excluding hydrogens is 302 g/mol. The number of carbonyl (C=O) groups is 1. The van der Waals surface area contributed by atoms with E-state index < -0.39 is 0 Å². The highest BCUT2D eigenvalue weighted by Crippen LogP contribution is 2.29. The molecule has 3 fully saturated rings. The first kappa shape index (κ1) is 18.0. The second kappa shape index (κ2) is 6.83. The van der Waals surface area contributed by atoms with Gasteiger partial charge in [0.15, 0.2) is 0 Å². The topological polar surface area (TPSA) is 53.6 Å². The Kier molecular flexibility index (Phi) is 5.12. The highest BCUT2D eigenvalue weighted by Gasteiger charge is 2.39. The molecule has 2 heterocycles. The number of likely N-dealkylation sites (tertiary alicyclic amines) is 1. The summed E-state index contributed by atoms with van der Waals surface area (Å²) in [6, 6.07) is 0.350. The van der Waals surface area contributed by atoms with Gasteiger partial charge in [-0.3, -0.25) is 0 Å². The maximum absolute atomic E-state index is 12.6. The van der Waals surface area contributed by atoms with Crippen molar-refractivity contribution in [3.63, 3.8) is 0 Å². The molecule has 2 saturated heterocycles. The van der Waals surface area contributed by atoms with Crippen LogP contribution in [0.1, 0.15) is 72.6 Å². The summed E-state index contributed by atoms with van der Waals surface area (Å²) >= 11 is 0. The largest absolute Gasteiger partial charge is 0.375 e. The lowest BCUT2D eigenvalue weighted by Gasteiger charge is -2.47. The van der Waals surface area contributed by atoms with Crippen molar-refractivity contribution in [2.45, 2.75) is 102 Å². The molecule has 0 bridgehead atoms. The van der Waals surface area contributed by atoms with Gasteiger partial charge in [-0.15, -0.1) is 0 Å². The molecule has 0 aromatic carbocycles. The Morgan fingerprint density at radius 1 is 1.00 bits per heavy atom. The molecule has 3 rings (SSSR count). The van der Waals surface area contributed by atoms with Crippen LogP contribution in [0.2, 0.25) is 0 Å². The van der Waals surface area contributed by atoms with Crippen molar-refractivity contribution in [2.24, 2.45) is 0 Å². The smallest absolute Gasteiger partial charge is 0.317 e. The molecule has 0 aromatic heterocycles. The van der Waals surface area contributed by atoms with Crippen molar-refractivity contribution in [3.05, 3.63) is 0 Å². The van der Waals surface area contributed by atoms with E-state index >= 15 is 0 Å². The summed E-state index contributed by atoms with van der Waals surface area (Å²) in [6.45, 7) is 10.5. The monoisotopic (exact) mass is 337 g/mol. The van der Waals surface area contributed by atoms with Gasteiger partial charge in [0.25, 0.3) is 0 Å². The number of ether oxygens (including phenoxy) is 1. The fourth-order valence-electron chi connectivity index (χ4n) is 4.66. The summed E-state index contributed by atoms with van der Waals surface area (Å²) in [5.41, 5.74) is 0.118. The quantitative estimate of drug-likeness (QED) is 0.832. The Morgan fingerprint density at radius 3 is 2.04 bits per heavy atom. The summed E-state index contributed by atoms with van der Waals surface area (Å²) in [5.74, 6) is 0. The van der Waals surface area contributed by atoms with Gasteiger partial charge in [0.05, 0.1) is 12.2 Å². The Balaban J connectivity index is 1.45. The number of carbonyl (C=O) groups excluding carboxylic acids is 1. The van der Waals surface area contributed by atoms with E-state index in [0.29, 0.717) is 12.2 Å². The predicted molar refractivity (Wildman–Crippen MR) is 96.2 cm³/mol. The highest BCUT2D eigenvalue weighted by molar-refractivity contribution is 5.74. The van der Waals surface area contributed by atoms with Crippen molar-refractivity contribution < 1.29 is 9.53 Å². The zero-order valence-corrected chi connectivity index (χ0v) is 15.9. The lowest BCUT2D eigenvalue weighted by molar-refractivity contribution is -0.0698. The predicted octanol–water partition coefficient (Wildman–Crippen LogP) is 3.04. The molecule has 0 unspecified atom stereocenters. The summed E-state index contributed by atoms with van der Waals surface area (Å²) < 4.78 is 6.09. The molecule has 2 amide bonds. The van der Waals surface area contributed by atoms with Crippen molar-refractivity contribution in [1.82, 2.24) is 15.5 Å². The van der Waals surface area contributed by atoms with Crippen LogP contribution in [0.25, 0.3) is 0 Å². The Hall–Kier alpha value is -0.810. The molecule has 2 aliphatic heterocycles. The van der Waals surface area contributed by atoms with Crippen molar-refractivity contribution in [3.8, 4) is 0 Å². The zero-order valence-electron chi connectivity index (χ0n) is 15.9. The average Bonchev–Trinajstić information content (AvgIpc) is 2.40. The lowest BCUT2D eigenvalue weighted by atomic mass is 9.79. The number of piperidine rings is 2. The number of hydrogen-bond donors (Lipinski definition) is 2. The molecule has 24 heavy (non-hydrogen) atoms. The third-order valence-electron chi connectivity index (χ3n) is 5.68. The van der Waals surface area contributed by atoms with E-state index in [4.69, 9.17) is 4.74 Å². The maximum atomic E-state index is 12.6. The van der Waals surface area contributed by atoms with Crippen molar-refractivity contribution in [1.29, 1.82) is 0 Å². The second-order valence-electron chi connectivity index (χ2n) is 9.32. The fourth-order valence-corrected chi connectivity index (χ4v) is 4.66. The standard InChI is InChI=1S/C19H35N3O2/c1-18(2)12-14(13-19(3,4)21-18)20-17(23)22-10-8-16(9-11-22)24-15-6-5-7-15/h14-16,21H,5-13H2,1-4H3,(H,20,23). The number of nitrogens with zero attached hydrogens (tertiary/aromatic N) is 1. The van der Waals surface area contributed by atoms with Gasteiger partial charge in [-0.25, -0.2) is 4.79 Å². The third-order valence-corrected chi connectivity index (χ3v) is 5.68. The van der Waals surface area contributed by atoms with Gasteiger partial charge in [-0.05, 0) is 72.6 Å². The summed E-state index contributed by atoms with van der Waals surface area (Å²) in [4.78, 5) is 14.6. The van der Waals surface area contributed by atoms with Gasteiger partial charge in [0.1, 0.15) is 0 Å². The van der Waals surface area contributed by atoms with Crippen molar-refractivity contribution in [2.75, 3.05) is 13.1 Å². The van der Waals surface area contributed by atoms with E-state index in [1.807, 2.05) is 4.90 Å². The van der Waals surface area contributed by atoms with Gasteiger partial charge < -0.3 is 20.3 Å². The molecule has 3 aliphatic rings. The molecule has 138 valence electrons. The summed E-state index contributed by atoms with van der Waals surface area (Å²) in [7, 11) is 0. The van der Waals surface area contributed by atoms with E-state index in [1.54, 1.807) is 0 Å². The van der Waals surface area contributed by atoms with Gasteiger partial charge in [0, 0.05) is 30.2 Å². The minimum absolute atomic E-state index is 0.0588. The minimum Gasteiger partial charge on any atom is -0.375 e. The Morgan fingerprint density at radius 2 is 1.54 bits per heavy atom. The van der Waals surface area contributed by atoms with Crippen LogP contribution in [0.5, 0.6) is 0 Å². The van der Waals surface area contributed by atoms with Crippen LogP contribution in [-0.2, 0) is 4.74 Å². The van der Waals surface area contributed by atoms with Crippen LogP contribution in [0.3, 0.4) is 0 Å². The Bertz CT molecular complexity index is 436. The van der Waals surface area contributed by atoms with Crippen molar-refractivity contribution >= 4 is 6.03 Å². The minimum atomic E-state index is 0.0588.